The molecule has 0 N–H and O–H groups in total. The van der Waals surface area contributed by atoms with Gasteiger partial charge in [-0.25, -0.2) is 4.98 Å². The first-order chi connectivity index (χ1) is 31.1. The number of piperidine rings is 3. The zero-order valence-electron chi connectivity index (χ0n) is 44.5. The van der Waals surface area contributed by atoms with E-state index in [-0.39, 0.29) is 37.1 Å². The summed E-state index contributed by atoms with van der Waals surface area (Å²) in [6, 6.07) is 9.12. The van der Waals surface area contributed by atoms with E-state index in [9.17, 15) is 0 Å². The monoisotopic (exact) mass is 985 g/mol. The molecule has 10 heteroatoms. The van der Waals surface area contributed by atoms with Crippen molar-refractivity contribution >= 4 is 0 Å². The van der Waals surface area contributed by atoms with Gasteiger partial charge in [0.05, 0.1) is 38.7 Å². The summed E-state index contributed by atoms with van der Waals surface area (Å²) >= 11 is 0. The molecule has 0 aliphatic carbocycles. The number of likely N-dealkylation sites (N-methyl/N-ethyl adjacent to an activating group) is 2. The van der Waals surface area contributed by atoms with Crippen LogP contribution < -0.4 is 0 Å². The number of fused-ring (bicyclic) bond motifs is 8. The summed E-state index contributed by atoms with van der Waals surface area (Å²) in [6.45, 7) is 44.9. The van der Waals surface area contributed by atoms with Crippen molar-refractivity contribution in [3.63, 3.8) is 0 Å². The second-order valence-corrected chi connectivity index (χ2v) is 23.0. The second kappa shape index (κ2) is 31.2. The van der Waals surface area contributed by atoms with Gasteiger partial charge in [-0.2, -0.15) is 0 Å². The number of morpholine rings is 2. The first kappa shape index (κ1) is 66.2. The van der Waals surface area contributed by atoms with Gasteiger partial charge in [-0.05, 0) is 155 Å². The van der Waals surface area contributed by atoms with Gasteiger partial charge in [-0.3, -0.25) is 24.5 Å². The molecule has 10 nitrogen and oxygen atoms in total. The fraction of sp³-hybridized carbons (Fsp3) is 0.883. The highest BCUT2D eigenvalue weighted by atomic mass is 16.5. The van der Waals surface area contributed by atoms with Crippen molar-refractivity contribution in [1.82, 2.24) is 38.6 Å². The number of aryl methyl sites for hydroxylation is 2. The second-order valence-electron chi connectivity index (χ2n) is 23.0. The average Bonchev–Trinajstić information content (AvgIpc) is 3.92. The predicted molar refractivity (Wildman–Crippen MR) is 305 cm³/mol. The van der Waals surface area contributed by atoms with Gasteiger partial charge < -0.3 is 18.6 Å². The Morgan fingerprint density at radius 3 is 1.34 bits per heavy atom. The van der Waals surface area contributed by atoms with Crippen molar-refractivity contribution in [2.45, 2.75) is 272 Å². The van der Waals surface area contributed by atoms with Gasteiger partial charge in [-0.15, -0.1) is 0 Å². The molecule has 2 aromatic rings. The van der Waals surface area contributed by atoms with Crippen molar-refractivity contribution < 1.29 is 9.47 Å². The number of hydrogen-bond acceptors (Lipinski definition) is 8. The molecule has 8 aliphatic heterocycles. The molecule has 0 spiro atoms. The van der Waals surface area contributed by atoms with E-state index in [4.69, 9.17) is 9.47 Å². The Morgan fingerprint density at radius 1 is 0.529 bits per heavy atom. The maximum Gasteiger partial charge on any atom is 0.123 e. The molecule has 6 bridgehead atoms. The van der Waals surface area contributed by atoms with Crippen LogP contribution in [-0.4, -0.2) is 146 Å². The lowest BCUT2D eigenvalue weighted by molar-refractivity contribution is -0.0903. The smallest absolute Gasteiger partial charge is 0.123 e. The maximum absolute atomic E-state index is 5.65. The normalized spacial score (nSPS) is 28.3. The van der Waals surface area contributed by atoms with Crippen LogP contribution in [0.3, 0.4) is 0 Å². The molecule has 2 aromatic heterocycles. The van der Waals surface area contributed by atoms with Crippen LogP contribution in [0, 0.1) is 37.5 Å². The molecule has 10 rings (SSSR count). The lowest BCUT2D eigenvalue weighted by atomic mass is 9.79. The highest BCUT2D eigenvalue weighted by Crippen LogP contribution is 2.38. The Morgan fingerprint density at radius 2 is 0.957 bits per heavy atom. The molecule has 70 heavy (non-hydrogen) atoms. The summed E-state index contributed by atoms with van der Waals surface area (Å²) in [4.78, 5) is 17.6. The third-order valence-electron chi connectivity index (χ3n) is 16.9. The third kappa shape index (κ3) is 17.4. The Hall–Kier alpha value is -1.79. The number of imidazole rings is 1. The van der Waals surface area contributed by atoms with E-state index in [0.29, 0.717) is 36.3 Å². The Balaban J connectivity index is 0.000000431. The van der Waals surface area contributed by atoms with Crippen molar-refractivity contribution in [3.05, 3.63) is 41.2 Å². The van der Waals surface area contributed by atoms with Crippen molar-refractivity contribution in [2.75, 3.05) is 52.6 Å². The summed E-state index contributed by atoms with van der Waals surface area (Å²) in [6.07, 6.45) is 17.2. The molecule has 0 amide bonds. The number of rotatable bonds is 7. The molecule has 8 aliphatic rings. The summed E-state index contributed by atoms with van der Waals surface area (Å²) in [5, 5.41) is 0. The minimum atomic E-state index is 0. The molecular formula is C60H120N8O2. The zero-order valence-corrected chi connectivity index (χ0v) is 44.5. The highest BCUT2D eigenvalue weighted by molar-refractivity contribution is 5.18. The molecule has 0 aromatic carbocycles. The molecule has 0 radical (unpaired) electrons. The average molecular weight is 986 g/mol. The number of nitrogens with zero attached hydrogens (tertiary/aromatic N) is 8. The first-order valence-electron chi connectivity index (χ1n) is 27.2. The van der Waals surface area contributed by atoms with Crippen molar-refractivity contribution in [3.8, 4) is 0 Å². The lowest BCUT2D eigenvalue weighted by Crippen LogP contribution is -2.57. The van der Waals surface area contributed by atoms with Crippen LogP contribution in [0.25, 0.3) is 0 Å². The predicted octanol–water partition coefficient (Wildman–Crippen LogP) is 13.3. The van der Waals surface area contributed by atoms with Gasteiger partial charge in [-0.1, -0.05) is 85.1 Å². The summed E-state index contributed by atoms with van der Waals surface area (Å²) in [5.41, 5.74) is 4.00. The minimum Gasteiger partial charge on any atom is -0.378 e. The Kier molecular flexibility index (Phi) is 29.5. The number of aromatic nitrogens is 3. The van der Waals surface area contributed by atoms with Gasteiger partial charge in [0.1, 0.15) is 5.82 Å². The fourth-order valence-corrected chi connectivity index (χ4v) is 13.1. The summed E-state index contributed by atoms with van der Waals surface area (Å²) in [5.74, 6) is 4.76. The largest absolute Gasteiger partial charge is 0.378 e. The van der Waals surface area contributed by atoms with Crippen LogP contribution in [0.4, 0.5) is 0 Å². The quantitative estimate of drug-likeness (QED) is 0.272. The van der Waals surface area contributed by atoms with E-state index in [1.54, 1.807) is 0 Å². The first-order valence-corrected chi connectivity index (χ1v) is 27.2. The molecule has 412 valence electrons. The van der Waals surface area contributed by atoms with Gasteiger partial charge in [0.2, 0.25) is 0 Å². The van der Waals surface area contributed by atoms with E-state index >= 15 is 0 Å². The molecule has 6 atom stereocenters. The van der Waals surface area contributed by atoms with Crippen LogP contribution in [0.15, 0.2) is 18.5 Å². The molecule has 6 fully saturated rings. The molecule has 6 unspecified atom stereocenters. The van der Waals surface area contributed by atoms with E-state index in [1.165, 1.54) is 94.5 Å². The fourth-order valence-electron chi connectivity index (χ4n) is 13.1. The van der Waals surface area contributed by atoms with E-state index in [2.05, 4.69) is 154 Å². The van der Waals surface area contributed by atoms with E-state index in [1.807, 2.05) is 0 Å². The molecule has 0 saturated carbocycles. The minimum absolute atomic E-state index is 0. The van der Waals surface area contributed by atoms with Gasteiger partial charge in [0, 0.05) is 105 Å². The topological polar surface area (TPSA) is 57.4 Å². The molecule has 10 heterocycles. The van der Waals surface area contributed by atoms with Crippen LogP contribution in [0.1, 0.15) is 201 Å². The number of ether oxygens (including phenoxy) is 2. The van der Waals surface area contributed by atoms with E-state index < -0.39 is 0 Å². The maximum atomic E-state index is 5.65. The van der Waals surface area contributed by atoms with Gasteiger partial charge in [0.25, 0.3) is 0 Å². The van der Waals surface area contributed by atoms with Crippen LogP contribution in [-0.2, 0) is 35.7 Å². The summed E-state index contributed by atoms with van der Waals surface area (Å²) < 4.78 is 16.0. The van der Waals surface area contributed by atoms with Crippen LogP contribution >= 0.6 is 0 Å². The lowest BCUT2D eigenvalue weighted by Gasteiger charge is -2.49. The Labute approximate surface area is 436 Å². The molecular weight excluding hydrogens is 865 g/mol. The van der Waals surface area contributed by atoms with E-state index in [0.717, 1.165) is 107 Å². The Bertz CT molecular complexity index is 1540. The van der Waals surface area contributed by atoms with Crippen LogP contribution in [0.2, 0.25) is 0 Å². The van der Waals surface area contributed by atoms with Crippen LogP contribution in [0.5, 0.6) is 0 Å². The highest BCUT2D eigenvalue weighted by Gasteiger charge is 2.40. The zero-order chi connectivity index (χ0) is 46.9. The summed E-state index contributed by atoms with van der Waals surface area (Å²) in [7, 11) is 0. The van der Waals surface area contributed by atoms with Gasteiger partial charge >= 0.3 is 0 Å². The van der Waals surface area contributed by atoms with Gasteiger partial charge in [0.15, 0.2) is 0 Å². The standard InChI is InChI=1S/2C12H23NO.C11H18N2.C10H17N3.C10H19N.5CH4/c2*1-4-13-11-5-10(9(2)3)6-12(13)8-14-7-11;1-9(2)12-4-5-13-7-10(3)6-11(13)8-12;1-8(2)12-4-5-13-6-9(3)11-10(13)7-12;1-8(2)11-9-4-3-5-10(11)7-6-9;;;;;/h2*9-12H,4-8H2,1-3H3;6-7,9H,4-5,8H2,1-3H3;6,8H,4-5,7H2,1-3H3;8-10H,3-7H2,1-2H3;5*1H4. The number of hydrogen-bond donors (Lipinski definition) is 0. The SMILES string of the molecule is C.C.C.C.C.CC(C)N1C2CCCC1CC2.CCN1C2COCC1CC(C(C)C)C2.CCN1C2COCC1CC(C(C)C)C2.Cc1cc2n(c1)CCN(C(C)C)C2.Cc1cn2c(n1)CN(C(C)C)CC2. The van der Waals surface area contributed by atoms with Crippen molar-refractivity contribution in [2.24, 2.45) is 23.7 Å². The van der Waals surface area contributed by atoms with Crippen molar-refractivity contribution in [1.29, 1.82) is 0 Å². The third-order valence-corrected chi connectivity index (χ3v) is 16.9. The molecule has 6 saturated heterocycles.